The van der Waals surface area contributed by atoms with Gasteiger partial charge in [0.1, 0.15) is 11.6 Å². The number of fused-ring (bicyclic) bond motifs is 1. The molecule has 1 aliphatic carbocycles. The van der Waals surface area contributed by atoms with Crippen molar-refractivity contribution < 1.29 is 0 Å². The Morgan fingerprint density at radius 1 is 1.25 bits per heavy atom. The number of aromatic nitrogens is 4. The summed E-state index contributed by atoms with van der Waals surface area (Å²) in [6.07, 6.45) is 7.32. The van der Waals surface area contributed by atoms with E-state index in [2.05, 4.69) is 35.9 Å². The molecule has 0 bridgehead atoms. The maximum absolute atomic E-state index is 4.68. The van der Waals surface area contributed by atoms with E-state index < -0.39 is 0 Å². The molecule has 2 aromatic rings. The molecular formula is C14H16BrN5. The van der Waals surface area contributed by atoms with E-state index in [1.54, 1.807) is 0 Å². The standard InChI is InChI=1S/C14H16BrN5/c1-9-17-13-4-2-3-12(13)14(18-9)19-7-11(8-19)20-6-10(15)5-16-20/h5-6,11H,2-4,7-8H2,1H3. The van der Waals surface area contributed by atoms with Gasteiger partial charge in [-0.2, -0.15) is 5.10 Å². The molecule has 0 N–H and O–H groups in total. The molecular weight excluding hydrogens is 318 g/mol. The van der Waals surface area contributed by atoms with Crippen molar-refractivity contribution in [1.82, 2.24) is 19.7 Å². The Hall–Kier alpha value is -1.43. The lowest BCUT2D eigenvalue weighted by Crippen LogP contribution is -2.48. The monoisotopic (exact) mass is 333 g/mol. The average molecular weight is 334 g/mol. The van der Waals surface area contributed by atoms with E-state index in [0.717, 1.165) is 42.0 Å². The predicted molar refractivity (Wildman–Crippen MR) is 80.0 cm³/mol. The van der Waals surface area contributed by atoms with Gasteiger partial charge >= 0.3 is 0 Å². The third-order valence-electron chi connectivity index (χ3n) is 4.13. The van der Waals surface area contributed by atoms with E-state index >= 15 is 0 Å². The second kappa shape index (κ2) is 4.55. The highest BCUT2D eigenvalue weighted by Gasteiger charge is 2.33. The fraction of sp³-hybridized carbons (Fsp3) is 0.500. The van der Waals surface area contributed by atoms with E-state index in [0.29, 0.717) is 6.04 Å². The lowest BCUT2D eigenvalue weighted by molar-refractivity contribution is 0.365. The molecule has 2 aliphatic rings. The van der Waals surface area contributed by atoms with Crippen molar-refractivity contribution in [3.63, 3.8) is 0 Å². The fourth-order valence-electron chi connectivity index (χ4n) is 3.10. The first-order chi connectivity index (χ1) is 9.70. The molecule has 0 amide bonds. The van der Waals surface area contributed by atoms with Gasteiger partial charge in [-0.3, -0.25) is 4.68 Å². The molecule has 0 radical (unpaired) electrons. The number of rotatable bonds is 2. The summed E-state index contributed by atoms with van der Waals surface area (Å²) in [5.41, 5.74) is 2.63. The van der Waals surface area contributed by atoms with Crippen LogP contribution in [0.3, 0.4) is 0 Å². The van der Waals surface area contributed by atoms with Crippen molar-refractivity contribution in [3.8, 4) is 0 Å². The van der Waals surface area contributed by atoms with Crippen molar-refractivity contribution >= 4 is 21.7 Å². The number of hydrogen-bond acceptors (Lipinski definition) is 4. The van der Waals surface area contributed by atoms with Crippen LogP contribution in [0.5, 0.6) is 0 Å². The number of nitrogens with zero attached hydrogens (tertiary/aromatic N) is 5. The molecule has 0 saturated carbocycles. The van der Waals surface area contributed by atoms with Gasteiger partial charge in [0.25, 0.3) is 0 Å². The third kappa shape index (κ3) is 1.93. The van der Waals surface area contributed by atoms with Crippen molar-refractivity contribution in [2.75, 3.05) is 18.0 Å². The van der Waals surface area contributed by atoms with Crippen LogP contribution >= 0.6 is 15.9 Å². The van der Waals surface area contributed by atoms with Crippen molar-refractivity contribution in [2.45, 2.75) is 32.2 Å². The zero-order valence-corrected chi connectivity index (χ0v) is 13.0. The number of anilines is 1. The Bertz CT molecular complexity index is 660. The first-order valence-corrected chi connectivity index (χ1v) is 7.81. The molecule has 0 spiro atoms. The van der Waals surface area contributed by atoms with Crippen LogP contribution in [0.2, 0.25) is 0 Å². The van der Waals surface area contributed by atoms with Crippen molar-refractivity contribution in [1.29, 1.82) is 0 Å². The van der Waals surface area contributed by atoms with Gasteiger partial charge < -0.3 is 4.90 Å². The van der Waals surface area contributed by atoms with Crippen LogP contribution < -0.4 is 4.90 Å². The summed E-state index contributed by atoms with van der Waals surface area (Å²) in [6, 6.07) is 0.452. The zero-order chi connectivity index (χ0) is 13.7. The summed E-state index contributed by atoms with van der Waals surface area (Å²) in [4.78, 5) is 11.6. The van der Waals surface area contributed by atoms with Crippen LogP contribution in [0.4, 0.5) is 5.82 Å². The van der Waals surface area contributed by atoms with Gasteiger partial charge in [0.05, 0.1) is 16.7 Å². The Balaban J connectivity index is 1.56. The molecule has 5 nitrogen and oxygen atoms in total. The predicted octanol–water partition coefficient (Wildman–Crippen LogP) is 2.29. The molecule has 0 unspecified atom stereocenters. The third-order valence-corrected chi connectivity index (χ3v) is 4.54. The first kappa shape index (κ1) is 12.3. The molecule has 20 heavy (non-hydrogen) atoms. The lowest BCUT2D eigenvalue weighted by atomic mass is 10.1. The second-order valence-electron chi connectivity index (χ2n) is 5.57. The molecule has 4 rings (SSSR count). The maximum Gasteiger partial charge on any atom is 0.135 e. The molecule has 104 valence electrons. The van der Waals surface area contributed by atoms with E-state index in [1.165, 1.54) is 17.7 Å². The Morgan fingerprint density at radius 2 is 2.10 bits per heavy atom. The summed E-state index contributed by atoms with van der Waals surface area (Å²) in [7, 11) is 0. The molecule has 1 fully saturated rings. The van der Waals surface area contributed by atoms with Gasteiger partial charge in [-0.25, -0.2) is 9.97 Å². The Labute approximate surface area is 126 Å². The molecule has 1 aliphatic heterocycles. The minimum Gasteiger partial charge on any atom is -0.352 e. The minimum atomic E-state index is 0.452. The van der Waals surface area contributed by atoms with Crippen LogP contribution in [-0.2, 0) is 12.8 Å². The number of halogens is 1. The highest BCUT2D eigenvalue weighted by atomic mass is 79.9. The summed E-state index contributed by atoms with van der Waals surface area (Å²) >= 11 is 3.45. The van der Waals surface area contributed by atoms with Crippen molar-refractivity contribution in [3.05, 3.63) is 33.9 Å². The van der Waals surface area contributed by atoms with Crippen LogP contribution in [0.25, 0.3) is 0 Å². The molecule has 1 saturated heterocycles. The Morgan fingerprint density at radius 3 is 2.85 bits per heavy atom. The summed E-state index contributed by atoms with van der Waals surface area (Å²) in [6.45, 7) is 3.96. The smallest absolute Gasteiger partial charge is 0.135 e. The first-order valence-electron chi connectivity index (χ1n) is 7.02. The van der Waals surface area contributed by atoms with Crippen LogP contribution in [0.15, 0.2) is 16.9 Å². The van der Waals surface area contributed by atoms with Gasteiger partial charge in [0.15, 0.2) is 0 Å². The molecule has 0 aromatic carbocycles. The topological polar surface area (TPSA) is 46.8 Å². The van der Waals surface area contributed by atoms with Gasteiger partial charge in [0, 0.05) is 30.5 Å². The number of aryl methyl sites for hydroxylation is 2. The molecule has 0 atom stereocenters. The highest BCUT2D eigenvalue weighted by molar-refractivity contribution is 9.10. The quantitative estimate of drug-likeness (QED) is 0.846. The molecule has 2 aromatic heterocycles. The minimum absolute atomic E-state index is 0.452. The van der Waals surface area contributed by atoms with Crippen molar-refractivity contribution in [2.24, 2.45) is 0 Å². The van der Waals surface area contributed by atoms with E-state index in [4.69, 9.17) is 0 Å². The summed E-state index contributed by atoms with van der Waals surface area (Å²) in [5.74, 6) is 2.05. The Kier molecular flexibility index (Phi) is 2.80. The second-order valence-corrected chi connectivity index (χ2v) is 6.49. The van der Waals surface area contributed by atoms with Crippen LogP contribution in [-0.4, -0.2) is 32.8 Å². The highest BCUT2D eigenvalue weighted by Crippen LogP contribution is 2.34. The van der Waals surface area contributed by atoms with E-state index in [-0.39, 0.29) is 0 Å². The van der Waals surface area contributed by atoms with Crippen LogP contribution in [0.1, 0.15) is 29.5 Å². The van der Waals surface area contributed by atoms with Gasteiger partial charge in [-0.1, -0.05) is 0 Å². The average Bonchev–Trinajstić information content (AvgIpc) is 2.96. The van der Waals surface area contributed by atoms with Gasteiger partial charge in [-0.05, 0) is 42.1 Å². The molecule has 6 heteroatoms. The normalized spacial score (nSPS) is 18.2. The lowest BCUT2D eigenvalue weighted by Gasteiger charge is -2.40. The summed E-state index contributed by atoms with van der Waals surface area (Å²) in [5, 5.41) is 4.37. The van der Waals surface area contributed by atoms with Gasteiger partial charge in [-0.15, -0.1) is 0 Å². The fourth-order valence-corrected chi connectivity index (χ4v) is 3.41. The van der Waals surface area contributed by atoms with E-state index in [9.17, 15) is 0 Å². The largest absolute Gasteiger partial charge is 0.352 e. The van der Waals surface area contributed by atoms with E-state index in [1.807, 2.05) is 24.0 Å². The molecule has 3 heterocycles. The zero-order valence-electron chi connectivity index (χ0n) is 11.4. The summed E-state index contributed by atoms with van der Waals surface area (Å²) < 4.78 is 3.07. The number of hydrogen-bond donors (Lipinski definition) is 0. The van der Waals surface area contributed by atoms with Gasteiger partial charge in [0.2, 0.25) is 0 Å². The van der Waals surface area contributed by atoms with Crippen LogP contribution in [0, 0.1) is 6.92 Å². The maximum atomic E-state index is 4.68. The SMILES string of the molecule is Cc1nc2c(c(N3CC(n4cc(Br)cn4)C3)n1)CCC2.